The van der Waals surface area contributed by atoms with Gasteiger partial charge >= 0.3 is 0 Å². The quantitative estimate of drug-likeness (QED) is 0.626. The molecule has 0 spiro atoms. The number of halogens is 2. The Hall–Kier alpha value is -1.80. The van der Waals surface area contributed by atoms with Gasteiger partial charge in [-0.3, -0.25) is 9.59 Å². The topological polar surface area (TPSA) is 49.9 Å². The Morgan fingerprint density at radius 2 is 1.65 bits per heavy atom. The van der Waals surface area contributed by atoms with E-state index >= 15 is 0 Å². The van der Waals surface area contributed by atoms with Gasteiger partial charge in [0, 0.05) is 40.3 Å². The third-order valence-electron chi connectivity index (χ3n) is 4.33. The molecule has 0 bridgehead atoms. The van der Waals surface area contributed by atoms with Gasteiger partial charge in [0.05, 0.1) is 12.7 Å². The van der Waals surface area contributed by atoms with Crippen LogP contribution in [0.2, 0.25) is 5.02 Å². The number of rotatable bonds is 3. The smallest absolute Gasteiger partial charge is 0.255 e. The fourth-order valence-corrected chi connectivity index (χ4v) is 3.62. The van der Waals surface area contributed by atoms with E-state index in [-0.39, 0.29) is 11.8 Å². The maximum atomic E-state index is 12.7. The van der Waals surface area contributed by atoms with Crippen molar-refractivity contribution in [3.8, 4) is 5.75 Å². The SMILES string of the molecule is COc1cccc(C(=O)N2CCN(C(=O)c3cc(Cl)ccc3I)CC2)c1. The van der Waals surface area contributed by atoms with E-state index in [4.69, 9.17) is 16.3 Å². The van der Waals surface area contributed by atoms with Crippen LogP contribution in [-0.2, 0) is 0 Å². The van der Waals surface area contributed by atoms with E-state index < -0.39 is 0 Å². The second-order valence-electron chi connectivity index (χ2n) is 5.94. The molecule has 0 saturated carbocycles. The molecule has 0 N–H and O–H groups in total. The maximum Gasteiger partial charge on any atom is 0.255 e. The Morgan fingerprint density at radius 1 is 1.00 bits per heavy atom. The molecule has 1 heterocycles. The van der Waals surface area contributed by atoms with Crippen molar-refractivity contribution in [3.63, 3.8) is 0 Å². The maximum absolute atomic E-state index is 12.7. The second kappa shape index (κ2) is 8.26. The summed E-state index contributed by atoms with van der Waals surface area (Å²) in [6, 6.07) is 12.4. The molecule has 0 unspecified atom stereocenters. The molecule has 136 valence electrons. The minimum absolute atomic E-state index is 0.0478. The molecule has 1 saturated heterocycles. The second-order valence-corrected chi connectivity index (χ2v) is 7.54. The molecule has 3 rings (SSSR count). The van der Waals surface area contributed by atoms with Crippen molar-refractivity contribution in [2.75, 3.05) is 33.3 Å². The molecule has 0 radical (unpaired) electrons. The number of ether oxygens (including phenoxy) is 1. The lowest BCUT2D eigenvalue weighted by Crippen LogP contribution is -2.50. The monoisotopic (exact) mass is 484 g/mol. The predicted molar refractivity (Wildman–Crippen MR) is 109 cm³/mol. The molecule has 1 aliphatic heterocycles. The highest BCUT2D eigenvalue weighted by Crippen LogP contribution is 2.21. The van der Waals surface area contributed by atoms with E-state index in [1.54, 1.807) is 53.3 Å². The van der Waals surface area contributed by atoms with Crippen molar-refractivity contribution in [1.29, 1.82) is 0 Å². The van der Waals surface area contributed by atoms with Gasteiger partial charge in [0.1, 0.15) is 5.75 Å². The van der Waals surface area contributed by atoms with Gasteiger partial charge in [-0.1, -0.05) is 17.7 Å². The molecule has 0 aromatic heterocycles. The highest BCUT2D eigenvalue weighted by Gasteiger charge is 2.26. The standard InChI is InChI=1S/C19H18ClIN2O3/c1-26-15-4-2-3-13(11-15)18(24)22-7-9-23(10-8-22)19(25)16-12-14(20)5-6-17(16)21/h2-6,11-12H,7-10H2,1H3. The van der Waals surface area contributed by atoms with Crippen molar-refractivity contribution < 1.29 is 14.3 Å². The highest BCUT2D eigenvalue weighted by atomic mass is 127. The molecule has 0 atom stereocenters. The average Bonchev–Trinajstić information content (AvgIpc) is 2.69. The molecule has 5 nitrogen and oxygen atoms in total. The summed E-state index contributed by atoms with van der Waals surface area (Å²) in [5, 5.41) is 0.542. The minimum Gasteiger partial charge on any atom is -0.497 e. The van der Waals surface area contributed by atoms with Crippen LogP contribution in [-0.4, -0.2) is 54.9 Å². The lowest BCUT2D eigenvalue weighted by molar-refractivity contribution is 0.0535. The van der Waals surface area contributed by atoms with E-state index in [0.29, 0.717) is 48.1 Å². The van der Waals surface area contributed by atoms with Gasteiger partial charge in [-0.05, 0) is 59.0 Å². The molecule has 1 aliphatic rings. The van der Waals surface area contributed by atoms with E-state index in [1.807, 2.05) is 6.07 Å². The zero-order valence-corrected chi connectivity index (χ0v) is 17.2. The predicted octanol–water partition coefficient (Wildman–Crippen LogP) is 3.55. The molecule has 2 aromatic carbocycles. The van der Waals surface area contributed by atoms with Gasteiger partial charge in [-0.25, -0.2) is 0 Å². The first-order chi connectivity index (χ1) is 12.5. The summed E-state index contributed by atoms with van der Waals surface area (Å²) in [6.07, 6.45) is 0. The third kappa shape index (κ3) is 4.12. The fourth-order valence-electron chi connectivity index (χ4n) is 2.88. The van der Waals surface area contributed by atoms with Crippen LogP contribution < -0.4 is 4.74 Å². The largest absolute Gasteiger partial charge is 0.497 e. The zero-order chi connectivity index (χ0) is 18.7. The van der Waals surface area contributed by atoms with Crippen molar-refractivity contribution >= 4 is 46.0 Å². The van der Waals surface area contributed by atoms with Gasteiger partial charge in [0.15, 0.2) is 0 Å². The molecule has 2 aromatic rings. The Labute approximate surface area is 171 Å². The lowest BCUT2D eigenvalue weighted by atomic mass is 10.1. The van der Waals surface area contributed by atoms with Crippen LogP contribution in [0.5, 0.6) is 5.75 Å². The number of hydrogen-bond donors (Lipinski definition) is 0. The van der Waals surface area contributed by atoms with Crippen LogP contribution in [0.25, 0.3) is 0 Å². The fraction of sp³-hybridized carbons (Fsp3) is 0.263. The van der Waals surface area contributed by atoms with E-state index in [1.165, 1.54) is 0 Å². The number of amides is 2. The average molecular weight is 485 g/mol. The normalized spacial score (nSPS) is 14.3. The summed E-state index contributed by atoms with van der Waals surface area (Å²) >= 11 is 8.15. The molecule has 2 amide bonds. The molecular weight excluding hydrogens is 467 g/mol. The minimum atomic E-state index is -0.0506. The van der Waals surface area contributed by atoms with Crippen molar-refractivity contribution in [2.24, 2.45) is 0 Å². The van der Waals surface area contributed by atoms with Crippen LogP contribution in [0.1, 0.15) is 20.7 Å². The zero-order valence-electron chi connectivity index (χ0n) is 14.2. The van der Waals surface area contributed by atoms with E-state index in [9.17, 15) is 9.59 Å². The van der Waals surface area contributed by atoms with Crippen molar-refractivity contribution in [3.05, 3.63) is 62.2 Å². The summed E-state index contributed by atoms with van der Waals surface area (Å²) in [4.78, 5) is 28.9. The first-order valence-electron chi connectivity index (χ1n) is 8.17. The molecule has 26 heavy (non-hydrogen) atoms. The van der Waals surface area contributed by atoms with E-state index in [2.05, 4.69) is 22.6 Å². The Kier molecular flexibility index (Phi) is 6.03. The van der Waals surface area contributed by atoms with Gasteiger partial charge in [0.25, 0.3) is 11.8 Å². The molecule has 1 fully saturated rings. The van der Waals surface area contributed by atoms with Crippen molar-refractivity contribution in [2.45, 2.75) is 0 Å². The molecular formula is C19H18ClIN2O3. The number of methoxy groups -OCH3 is 1. The van der Waals surface area contributed by atoms with Crippen LogP contribution >= 0.6 is 34.2 Å². The van der Waals surface area contributed by atoms with Gasteiger partial charge < -0.3 is 14.5 Å². The number of benzene rings is 2. The number of nitrogens with zero attached hydrogens (tertiary/aromatic N) is 2. The molecule has 7 heteroatoms. The lowest BCUT2D eigenvalue weighted by Gasteiger charge is -2.35. The number of carbonyl (C=O) groups is 2. The van der Waals surface area contributed by atoms with Gasteiger partial charge in [0.2, 0.25) is 0 Å². The van der Waals surface area contributed by atoms with Crippen LogP contribution in [0.4, 0.5) is 0 Å². The Bertz CT molecular complexity index is 835. The number of hydrogen-bond acceptors (Lipinski definition) is 3. The summed E-state index contributed by atoms with van der Waals surface area (Å²) < 4.78 is 6.04. The Balaban J connectivity index is 1.66. The number of piperazine rings is 1. The summed E-state index contributed by atoms with van der Waals surface area (Å²) in [5.41, 5.74) is 1.19. The summed E-state index contributed by atoms with van der Waals surface area (Å²) in [5.74, 6) is 0.555. The highest BCUT2D eigenvalue weighted by molar-refractivity contribution is 14.1. The van der Waals surface area contributed by atoms with Gasteiger partial charge in [-0.2, -0.15) is 0 Å². The number of carbonyl (C=O) groups excluding carboxylic acids is 2. The first-order valence-corrected chi connectivity index (χ1v) is 9.63. The van der Waals surface area contributed by atoms with Crippen molar-refractivity contribution in [1.82, 2.24) is 9.80 Å². The first kappa shape index (κ1) is 19.0. The Morgan fingerprint density at radius 3 is 2.31 bits per heavy atom. The summed E-state index contributed by atoms with van der Waals surface area (Å²) in [6.45, 7) is 1.99. The third-order valence-corrected chi connectivity index (χ3v) is 5.51. The van der Waals surface area contributed by atoms with Crippen LogP contribution in [0, 0.1) is 3.57 Å². The van der Waals surface area contributed by atoms with Crippen LogP contribution in [0.15, 0.2) is 42.5 Å². The van der Waals surface area contributed by atoms with Crippen LogP contribution in [0.3, 0.4) is 0 Å². The molecule has 0 aliphatic carbocycles. The summed E-state index contributed by atoms with van der Waals surface area (Å²) in [7, 11) is 1.57. The van der Waals surface area contributed by atoms with E-state index in [0.717, 1.165) is 3.57 Å². The van der Waals surface area contributed by atoms with Gasteiger partial charge in [-0.15, -0.1) is 0 Å².